The monoisotopic (exact) mass is 389 g/mol. The molecule has 0 saturated carbocycles. The molecule has 7 heteroatoms. The molecule has 4 rings (SSSR count). The minimum absolute atomic E-state index is 0.226. The van der Waals surface area contributed by atoms with E-state index in [1.807, 2.05) is 0 Å². The Kier molecular flexibility index (Phi) is 5.09. The first-order valence-corrected chi connectivity index (χ1v) is 11.1. The summed E-state index contributed by atoms with van der Waals surface area (Å²) in [4.78, 5) is 0.301. The number of sulfonamides is 1. The molecule has 6 nitrogen and oxygen atoms in total. The molecule has 1 atom stereocenters. The van der Waals surface area contributed by atoms with Gasteiger partial charge in [-0.25, -0.2) is 8.42 Å². The van der Waals surface area contributed by atoms with Gasteiger partial charge in [-0.15, -0.1) is 0 Å². The van der Waals surface area contributed by atoms with Crippen LogP contribution >= 0.6 is 0 Å². The first-order valence-electron chi connectivity index (χ1n) is 9.64. The maximum absolute atomic E-state index is 13.1. The quantitative estimate of drug-likeness (QED) is 0.806. The zero-order valence-electron chi connectivity index (χ0n) is 16.0. The Hall–Kier alpha value is -1.70. The van der Waals surface area contributed by atoms with Gasteiger partial charge in [-0.2, -0.15) is 9.40 Å². The summed E-state index contributed by atoms with van der Waals surface area (Å²) in [6.45, 7) is 6.69. The van der Waals surface area contributed by atoms with Crippen molar-refractivity contribution in [1.82, 2.24) is 14.1 Å². The summed E-state index contributed by atoms with van der Waals surface area (Å²) in [5.74, 6) is 0.255. The van der Waals surface area contributed by atoms with Crippen molar-refractivity contribution in [3.63, 3.8) is 0 Å². The molecular weight excluding hydrogens is 362 g/mol. The smallest absolute Gasteiger partial charge is 0.246 e. The van der Waals surface area contributed by atoms with Crippen LogP contribution < -0.4 is 0 Å². The van der Waals surface area contributed by atoms with Crippen molar-refractivity contribution in [1.29, 1.82) is 0 Å². The van der Waals surface area contributed by atoms with Crippen LogP contribution in [0, 0.1) is 13.8 Å². The van der Waals surface area contributed by atoms with E-state index >= 15 is 0 Å². The van der Waals surface area contributed by atoms with Crippen LogP contribution in [0.4, 0.5) is 0 Å². The van der Waals surface area contributed by atoms with Crippen molar-refractivity contribution < 1.29 is 13.2 Å². The second kappa shape index (κ2) is 7.37. The highest BCUT2D eigenvalue weighted by Gasteiger charge is 2.34. The molecule has 2 aliphatic rings. The standard InChI is InChI=1S/C20H27N3O3S/c1-15-3-4-20(16(2)11-15)17-5-8-22(13-17)27(24,25)19-12-21-23(14-19)18-6-9-26-10-7-18/h3-4,11-12,14,17-18H,5-10,13H2,1-2H3. The molecule has 2 aromatic rings. The summed E-state index contributed by atoms with van der Waals surface area (Å²) in [6.07, 6.45) is 5.79. The number of rotatable bonds is 4. The van der Waals surface area contributed by atoms with E-state index in [0.717, 1.165) is 19.3 Å². The summed E-state index contributed by atoms with van der Waals surface area (Å²) >= 11 is 0. The third-order valence-electron chi connectivity index (χ3n) is 5.80. The predicted octanol–water partition coefficient (Wildman–Crippen LogP) is 3.03. The number of aromatic nitrogens is 2. The SMILES string of the molecule is Cc1ccc(C2CCN(S(=O)(=O)c3cnn(C4CCOCC4)c3)C2)c(C)c1. The number of ether oxygens (including phenoxy) is 1. The van der Waals surface area contributed by atoms with Gasteiger partial charge in [0, 0.05) is 32.5 Å². The van der Waals surface area contributed by atoms with Gasteiger partial charge >= 0.3 is 0 Å². The van der Waals surface area contributed by atoms with E-state index in [9.17, 15) is 8.42 Å². The Morgan fingerprint density at radius 2 is 1.93 bits per heavy atom. The average Bonchev–Trinajstić information content (AvgIpc) is 3.33. The second-order valence-electron chi connectivity index (χ2n) is 7.71. The summed E-state index contributed by atoms with van der Waals surface area (Å²) in [6, 6.07) is 6.65. The lowest BCUT2D eigenvalue weighted by molar-refractivity contribution is 0.0662. The van der Waals surface area contributed by atoms with E-state index in [1.165, 1.54) is 22.9 Å². The first-order chi connectivity index (χ1) is 12.9. The van der Waals surface area contributed by atoms with Crippen molar-refractivity contribution in [2.45, 2.75) is 50.0 Å². The van der Waals surface area contributed by atoms with Crippen LogP contribution in [-0.4, -0.2) is 48.8 Å². The lowest BCUT2D eigenvalue weighted by atomic mass is 9.93. The zero-order chi connectivity index (χ0) is 19.0. The van der Waals surface area contributed by atoms with E-state index < -0.39 is 10.0 Å². The van der Waals surface area contributed by atoms with Crippen LogP contribution in [0.1, 0.15) is 47.9 Å². The van der Waals surface area contributed by atoms with Crippen molar-refractivity contribution in [2.24, 2.45) is 0 Å². The minimum Gasteiger partial charge on any atom is -0.381 e. The molecule has 27 heavy (non-hydrogen) atoms. The van der Waals surface area contributed by atoms with Crippen molar-refractivity contribution in [2.75, 3.05) is 26.3 Å². The maximum atomic E-state index is 13.1. The number of benzene rings is 1. The first kappa shape index (κ1) is 18.7. The lowest BCUT2D eigenvalue weighted by Crippen LogP contribution is -2.28. The fourth-order valence-electron chi connectivity index (χ4n) is 4.24. The van der Waals surface area contributed by atoms with Gasteiger partial charge in [-0.05, 0) is 50.2 Å². The van der Waals surface area contributed by atoms with Gasteiger partial charge in [0.1, 0.15) is 4.90 Å². The van der Waals surface area contributed by atoms with E-state index in [-0.39, 0.29) is 12.0 Å². The highest BCUT2D eigenvalue weighted by Crippen LogP contribution is 2.33. The molecule has 1 aromatic heterocycles. The molecular formula is C20H27N3O3S. The van der Waals surface area contributed by atoms with Crippen LogP contribution in [0.15, 0.2) is 35.5 Å². The number of aryl methyl sites for hydroxylation is 2. The minimum atomic E-state index is -3.50. The Labute approximate surface area is 161 Å². The highest BCUT2D eigenvalue weighted by molar-refractivity contribution is 7.89. The second-order valence-corrected chi connectivity index (χ2v) is 9.65. The van der Waals surface area contributed by atoms with Crippen molar-refractivity contribution in [3.8, 4) is 0 Å². The maximum Gasteiger partial charge on any atom is 0.246 e. The average molecular weight is 390 g/mol. The normalized spacial score (nSPS) is 22.4. The molecule has 0 spiro atoms. The molecule has 3 heterocycles. The largest absolute Gasteiger partial charge is 0.381 e. The number of hydrogen-bond donors (Lipinski definition) is 0. The van der Waals surface area contributed by atoms with Gasteiger partial charge in [0.2, 0.25) is 10.0 Å². The molecule has 1 aromatic carbocycles. The van der Waals surface area contributed by atoms with Crippen LogP contribution in [0.2, 0.25) is 0 Å². The van der Waals surface area contributed by atoms with Gasteiger partial charge in [0.25, 0.3) is 0 Å². The Morgan fingerprint density at radius 1 is 1.15 bits per heavy atom. The molecule has 1 unspecified atom stereocenters. The molecule has 0 bridgehead atoms. The van der Waals surface area contributed by atoms with Crippen LogP contribution in [0.25, 0.3) is 0 Å². The summed E-state index contributed by atoms with van der Waals surface area (Å²) in [7, 11) is -3.50. The van der Waals surface area contributed by atoms with Crippen LogP contribution in [-0.2, 0) is 14.8 Å². The third kappa shape index (κ3) is 3.68. The fraction of sp³-hybridized carbons (Fsp3) is 0.550. The molecule has 0 N–H and O–H groups in total. The Balaban J connectivity index is 1.50. The third-order valence-corrected chi connectivity index (χ3v) is 7.61. The van der Waals surface area contributed by atoms with E-state index in [2.05, 4.69) is 37.1 Å². The topological polar surface area (TPSA) is 64.4 Å². The molecule has 2 aliphatic heterocycles. The van der Waals surface area contributed by atoms with Gasteiger partial charge in [0.05, 0.1) is 12.2 Å². The van der Waals surface area contributed by atoms with Crippen LogP contribution in [0.5, 0.6) is 0 Å². The van der Waals surface area contributed by atoms with Gasteiger partial charge in [0.15, 0.2) is 0 Å². The van der Waals surface area contributed by atoms with E-state index in [0.29, 0.717) is 31.2 Å². The fourth-order valence-corrected chi connectivity index (χ4v) is 5.68. The Morgan fingerprint density at radius 3 is 2.67 bits per heavy atom. The van der Waals surface area contributed by atoms with Gasteiger partial charge in [-0.3, -0.25) is 4.68 Å². The summed E-state index contributed by atoms with van der Waals surface area (Å²) in [5.41, 5.74) is 3.74. The van der Waals surface area contributed by atoms with E-state index in [4.69, 9.17) is 4.74 Å². The van der Waals surface area contributed by atoms with E-state index in [1.54, 1.807) is 15.2 Å². The summed E-state index contributed by atoms with van der Waals surface area (Å²) in [5, 5.41) is 4.33. The molecule has 0 amide bonds. The van der Waals surface area contributed by atoms with Gasteiger partial charge < -0.3 is 4.74 Å². The Bertz CT molecular complexity index is 916. The molecule has 2 saturated heterocycles. The predicted molar refractivity (Wildman–Crippen MR) is 103 cm³/mol. The summed E-state index contributed by atoms with van der Waals surface area (Å²) < 4.78 is 35.0. The number of hydrogen-bond acceptors (Lipinski definition) is 4. The molecule has 0 aliphatic carbocycles. The lowest BCUT2D eigenvalue weighted by Gasteiger charge is -2.22. The van der Waals surface area contributed by atoms with Crippen molar-refractivity contribution >= 4 is 10.0 Å². The number of nitrogens with zero attached hydrogens (tertiary/aromatic N) is 3. The van der Waals surface area contributed by atoms with Crippen LogP contribution in [0.3, 0.4) is 0 Å². The molecule has 146 valence electrons. The highest BCUT2D eigenvalue weighted by atomic mass is 32.2. The van der Waals surface area contributed by atoms with Gasteiger partial charge in [-0.1, -0.05) is 23.8 Å². The van der Waals surface area contributed by atoms with Crippen molar-refractivity contribution in [3.05, 3.63) is 47.3 Å². The molecule has 2 fully saturated rings. The molecule has 0 radical (unpaired) electrons. The zero-order valence-corrected chi connectivity index (χ0v) is 16.8.